The first kappa shape index (κ1) is 14.2. The third-order valence-electron chi connectivity index (χ3n) is 3.69. The molecule has 0 aliphatic carbocycles. The van der Waals surface area contributed by atoms with E-state index in [0.29, 0.717) is 46.1 Å². The first-order chi connectivity index (χ1) is 10.3. The molecule has 6 nitrogen and oxygen atoms in total. The highest BCUT2D eigenvalue weighted by atomic mass is 16.6. The van der Waals surface area contributed by atoms with Gasteiger partial charge in [-0.3, -0.25) is 9.69 Å². The Kier molecular flexibility index (Phi) is 4.26. The van der Waals surface area contributed by atoms with Gasteiger partial charge in [-0.05, 0) is 6.07 Å². The highest BCUT2D eigenvalue weighted by Crippen LogP contribution is 2.34. The molecular formula is C15H20N2O4. The van der Waals surface area contributed by atoms with E-state index in [9.17, 15) is 4.79 Å². The largest absolute Gasteiger partial charge is 0.486 e. The summed E-state index contributed by atoms with van der Waals surface area (Å²) in [6.07, 6.45) is 0. The van der Waals surface area contributed by atoms with Crippen molar-refractivity contribution in [3.05, 3.63) is 23.8 Å². The van der Waals surface area contributed by atoms with E-state index in [2.05, 4.69) is 4.90 Å². The van der Waals surface area contributed by atoms with Crippen LogP contribution in [0.1, 0.15) is 5.56 Å². The smallest absolute Gasteiger partial charge is 0.237 e. The van der Waals surface area contributed by atoms with E-state index in [1.54, 1.807) is 7.11 Å². The normalized spacial score (nSPS) is 18.3. The summed E-state index contributed by atoms with van der Waals surface area (Å²) in [6.45, 7) is 4.12. The van der Waals surface area contributed by atoms with Crippen molar-refractivity contribution in [2.75, 3.05) is 46.7 Å². The van der Waals surface area contributed by atoms with Gasteiger partial charge in [0.25, 0.3) is 0 Å². The second-order valence-electron chi connectivity index (χ2n) is 5.22. The molecule has 0 atom stereocenters. The van der Waals surface area contributed by atoms with Crippen LogP contribution in [0.4, 0.5) is 0 Å². The minimum absolute atomic E-state index is 0.147. The van der Waals surface area contributed by atoms with Gasteiger partial charge >= 0.3 is 0 Å². The fourth-order valence-electron chi connectivity index (χ4n) is 2.66. The molecule has 6 heteroatoms. The monoisotopic (exact) mass is 292 g/mol. The number of para-hydroxylation sites is 1. The lowest BCUT2D eigenvalue weighted by atomic mass is 10.1. The van der Waals surface area contributed by atoms with Crippen molar-refractivity contribution in [1.82, 2.24) is 9.80 Å². The van der Waals surface area contributed by atoms with Gasteiger partial charge in [-0.25, -0.2) is 0 Å². The third kappa shape index (κ3) is 3.11. The maximum absolute atomic E-state index is 11.9. The van der Waals surface area contributed by atoms with E-state index >= 15 is 0 Å². The molecule has 0 spiro atoms. The minimum Gasteiger partial charge on any atom is -0.486 e. The first-order valence-corrected chi connectivity index (χ1v) is 7.14. The van der Waals surface area contributed by atoms with Gasteiger partial charge in [-0.1, -0.05) is 12.1 Å². The van der Waals surface area contributed by atoms with Crippen molar-refractivity contribution >= 4 is 5.91 Å². The van der Waals surface area contributed by atoms with Crippen molar-refractivity contribution in [2.24, 2.45) is 0 Å². The highest BCUT2D eigenvalue weighted by molar-refractivity contribution is 5.80. The molecule has 1 amide bonds. The number of benzene rings is 1. The van der Waals surface area contributed by atoms with E-state index in [1.807, 2.05) is 23.1 Å². The summed E-state index contributed by atoms with van der Waals surface area (Å²) in [5.74, 6) is 1.75. The Hall–Kier alpha value is -1.79. The number of hydrogen-bond acceptors (Lipinski definition) is 5. The van der Waals surface area contributed by atoms with Crippen LogP contribution in [-0.4, -0.2) is 62.4 Å². The maximum Gasteiger partial charge on any atom is 0.237 e. The molecule has 1 aromatic rings. The third-order valence-corrected chi connectivity index (χ3v) is 3.69. The van der Waals surface area contributed by atoms with Gasteiger partial charge in [0.15, 0.2) is 11.5 Å². The summed E-state index contributed by atoms with van der Waals surface area (Å²) < 4.78 is 16.3. The average Bonchev–Trinajstić information content (AvgIpc) is 2.85. The molecule has 2 aliphatic heterocycles. The lowest BCUT2D eigenvalue weighted by Crippen LogP contribution is -2.30. The molecule has 2 aliphatic rings. The van der Waals surface area contributed by atoms with Gasteiger partial charge in [-0.15, -0.1) is 0 Å². The van der Waals surface area contributed by atoms with E-state index in [4.69, 9.17) is 14.2 Å². The van der Waals surface area contributed by atoms with E-state index in [0.717, 1.165) is 17.1 Å². The van der Waals surface area contributed by atoms with Crippen molar-refractivity contribution in [3.8, 4) is 11.5 Å². The summed E-state index contributed by atoms with van der Waals surface area (Å²) in [4.78, 5) is 15.9. The number of ether oxygens (including phenoxy) is 3. The molecule has 0 unspecified atom stereocenters. The van der Waals surface area contributed by atoms with Gasteiger partial charge in [0, 0.05) is 25.8 Å². The fourth-order valence-corrected chi connectivity index (χ4v) is 2.66. The summed E-state index contributed by atoms with van der Waals surface area (Å²) in [5, 5.41) is 0. The molecular weight excluding hydrogens is 272 g/mol. The minimum atomic E-state index is 0.147. The van der Waals surface area contributed by atoms with E-state index in [1.165, 1.54) is 0 Å². The highest BCUT2D eigenvalue weighted by Gasteiger charge is 2.28. The maximum atomic E-state index is 11.9. The van der Waals surface area contributed by atoms with Gasteiger partial charge < -0.3 is 19.1 Å². The molecule has 3 rings (SSSR count). The van der Waals surface area contributed by atoms with Crippen LogP contribution in [0.5, 0.6) is 11.5 Å². The Labute approximate surface area is 124 Å². The Morgan fingerprint density at radius 1 is 1.29 bits per heavy atom. The number of amides is 1. The number of rotatable bonds is 5. The zero-order valence-corrected chi connectivity index (χ0v) is 12.2. The lowest BCUT2D eigenvalue weighted by molar-refractivity contribution is -0.127. The van der Waals surface area contributed by atoms with Crippen LogP contribution in [0.3, 0.4) is 0 Å². The lowest BCUT2D eigenvalue weighted by Gasteiger charge is -2.23. The summed E-state index contributed by atoms with van der Waals surface area (Å²) in [7, 11) is 1.64. The second-order valence-corrected chi connectivity index (χ2v) is 5.22. The molecule has 2 heterocycles. The molecule has 1 saturated heterocycles. The molecule has 0 N–H and O–H groups in total. The first-order valence-electron chi connectivity index (χ1n) is 7.14. The Bertz CT molecular complexity index is 520. The van der Waals surface area contributed by atoms with Crippen LogP contribution in [0.15, 0.2) is 18.2 Å². The predicted molar refractivity (Wildman–Crippen MR) is 76.3 cm³/mol. The number of fused-ring (bicyclic) bond motifs is 1. The van der Waals surface area contributed by atoms with Crippen LogP contribution < -0.4 is 9.47 Å². The second kappa shape index (κ2) is 6.32. The quantitative estimate of drug-likeness (QED) is 0.800. The van der Waals surface area contributed by atoms with Crippen LogP contribution in [-0.2, 0) is 16.1 Å². The fraction of sp³-hybridized carbons (Fsp3) is 0.533. The van der Waals surface area contributed by atoms with Gasteiger partial charge in [-0.2, -0.15) is 0 Å². The SMILES string of the molecule is COCCN1CN(Cc2cccc3c2OCCO3)CC1=O. The van der Waals surface area contributed by atoms with Crippen molar-refractivity contribution in [3.63, 3.8) is 0 Å². The summed E-state index contributed by atoms with van der Waals surface area (Å²) in [5.41, 5.74) is 1.06. The van der Waals surface area contributed by atoms with Crippen molar-refractivity contribution in [1.29, 1.82) is 0 Å². The number of hydrogen-bond donors (Lipinski definition) is 0. The molecule has 1 aromatic carbocycles. The zero-order chi connectivity index (χ0) is 14.7. The number of methoxy groups -OCH3 is 1. The molecule has 1 fully saturated rings. The Morgan fingerprint density at radius 3 is 3.00 bits per heavy atom. The van der Waals surface area contributed by atoms with Gasteiger partial charge in [0.1, 0.15) is 13.2 Å². The van der Waals surface area contributed by atoms with E-state index < -0.39 is 0 Å². The topological polar surface area (TPSA) is 51.2 Å². The summed E-state index contributed by atoms with van der Waals surface area (Å²) in [6, 6.07) is 5.90. The van der Waals surface area contributed by atoms with E-state index in [-0.39, 0.29) is 5.91 Å². The molecule has 21 heavy (non-hydrogen) atoms. The molecule has 114 valence electrons. The Morgan fingerprint density at radius 2 is 2.14 bits per heavy atom. The zero-order valence-electron chi connectivity index (χ0n) is 12.2. The number of nitrogens with zero attached hydrogens (tertiary/aromatic N) is 2. The van der Waals surface area contributed by atoms with Gasteiger partial charge in [0.05, 0.1) is 19.8 Å². The van der Waals surface area contributed by atoms with Crippen LogP contribution >= 0.6 is 0 Å². The number of carbonyl (C=O) groups is 1. The van der Waals surface area contributed by atoms with Crippen LogP contribution in [0, 0.1) is 0 Å². The van der Waals surface area contributed by atoms with Crippen LogP contribution in [0.25, 0.3) is 0 Å². The molecule has 0 bridgehead atoms. The van der Waals surface area contributed by atoms with Crippen molar-refractivity contribution in [2.45, 2.75) is 6.54 Å². The molecule has 0 saturated carbocycles. The molecule has 0 aromatic heterocycles. The van der Waals surface area contributed by atoms with Gasteiger partial charge in [0.2, 0.25) is 5.91 Å². The summed E-state index contributed by atoms with van der Waals surface area (Å²) >= 11 is 0. The number of carbonyl (C=O) groups excluding carboxylic acids is 1. The standard InChI is InChI=1S/C15H20N2O4/c1-19-6-5-17-11-16(10-14(17)18)9-12-3-2-4-13-15(12)21-8-7-20-13/h2-4H,5-11H2,1H3. The van der Waals surface area contributed by atoms with Crippen molar-refractivity contribution < 1.29 is 19.0 Å². The average molecular weight is 292 g/mol. The predicted octanol–water partition coefficient (Wildman–Crippen LogP) is 0.706. The van der Waals surface area contributed by atoms with Crippen LogP contribution in [0.2, 0.25) is 0 Å². The Balaban J connectivity index is 1.66. The molecule has 0 radical (unpaired) electrons.